The van der Waals surface area contributed by atoms with Crippen LogP contribution in [0.2, 0.25) is 0 Å². The summed E-state index contributed by atoms with van der Waals surface area (Å²) < 4.78 is 10.8. The molecule has 0 spiro atoms. The van der Waals surface area contributed by atoms with Gasteiger partial charge in [-0.2, -0.15) is 0 Å². The van der Waals surface area contributed by atoms with Gasteiger partial charge in [-0.15, -0.1) is 0 Å². The van der Waals surface area contributed by atoms with E-state index in [1.807, 2.05) is 31.2 Å². The van der Waals surface area contributed by atoms with Crippen LogP contribution in [-0.4, -0.2) is 50.5 Å². The van der Waals surface area contributed by atoms with Crippen LogP contribution < -0.4 is 20.1 Å². The lowest BCUT2D eigenvalue weighted by atomic mass is 10.1. The fourth-order valence-electron chi connectivity index (χ4n) is 2.47. The van der Waals surface area contributed by atoms with Crippen molar-refractivity contribution in [2.45, 2.75) is 13.0 Å². The number of carbonyl (C=O) groups is 1. The van der Waals surface area contributed by atoms with Crippen LogP contribution in [0.1, 0.15) is 12.5 Å². The summed E-state index contributed by atoms with van der Waals surface area (Å²) in [6.45, 7) is 3.58. The summed E-state index contributed by atoms with van der Waals surface area (Å²) in [6.07, 6.45) is 3.49. The lowest BCUT2D eigenvalue weighted by molar-refractivity contribution is -0.123. The number of aliphatic hydroxyl groups is 1. The van der Waals surface area contributed by atoms with Gasteiger partial charge in [-0.05, 0) is 24.6 Å². The van der Waals surface area contributed by atoms with Gasteiger partial charge in [0.15, 0.2) is 18.1 Å². The van der Waals surface area contributed by atoms with Gasteiger partial charge < -0.3 is 25.2 Å². The predicted molar refractivity (Wildman–Crippen MR) is 88.6 cm³/mol. The minimum atomic E-state index is -0.407. The van der Waals surface area contributed by atoms with Crippen LogP contribution in [0, 0.1) is 5.92 Å². The van der Waals surface area contributed by atoms with Crippen LogP contribution in [0.15, 0.2) is 24.3 Å². The molecule has 23 heavy (non-hydrogen) atoms. The maximum absolute atomic E-state index is 11.9. The van der Waals surface area contributed by atoms with E-state index in [9.17, 15) is 9.90 Å². The Labute approximate surface area is 136 Å². The summed E-state index contributed by atoms with van der Waals surface area (Å²) in [4.78, 5) is 11.9. The van der Waals surface area contributed by atoms with Crippen molar-refractivity contribution in [2.24, 2.45) is 5.92 Å². The first-order chi connectivity index (χ1) is 11.1. The van der Waals surface area contributed by atoms with Gasteiger partial charge in [-0.3, -0.25) is 4.79 Å². The fourth-order valence-corrected chi connectivity index (χ4v) is 2.47. The number of benzene rings is 1. The average Bonchev–Trinajstić information content (AvgIpc) is 2.97. The third-order valence-corrected chi connectivity index (χ3v) is 3.77. The minimum absolute atomic E-state index is 0.0496. The van der Waals surface area contributed by atoms with Gasteiger partial charge in [0, 0.05) is 25.6 Å². The van der Waals surface area contributed by atoms with E-state index < -0.39 is 6.10 Å². The van der Waals surface area contributed by atoms with E-state index in [0.29, 0.717) is 31.1 Å². The van der Waals surface area contributed by atoms with Gasteiger partial charge >= 0.3 is 0 Å². The van der Waals surface area contributed by atoms with Crippen molar-refractivity contribution in [1.29, 1.82) is 0 Å². The molecule has 0 bridgehead atoms. The van der Waals surface area contributed by atoms with E-state index in [2.05, 4.69) is 10.6 Å². The van der Waals surface area contributed by atoms with Crippen molar-refractivity contribution in [1.82, 2.24) is 10.6 Å². The van der Waals surface area contributed by atoms with Crippen LogP contribution in [0.25, 0.3) is 6.08 Å². The normalized spacial score (nSPS) is 20.7. The summed E-state index contributed by atoms with van der Waals surface area (Å²) in [5.41, 5.74) is 1.00. The molecular weight excluding hydrogens is 296 g/mol. The molecule has 1 aromatic carbocycles. The van der Waals surface area contributed by atoms with Gasteiger partial charge in [-0.25, -0.2) is 0 Å². The van der Waals surface area contributed by atoms with Gasteiger partial charge in [0.25, 0.3) is 5.91 Å². The van der Waals surface area contributed by atoms with Crippen molar-refractivity contribution < 1.29 is 19.4 Å². The highest BCUT2D eigenvalue weighted by atomic mass is 16.5. The highest BCUT2D eigenvalue weighted by Crippen LogP contribution is 2.28. The Balaban J connectivity index is 1.83. The van der Waals surface area contributed by atoms with Crippen molar-refractivity contribution in [2.75, 3.05) is 33.4 Å². The van der Waals surface area contributed by atoms with E-state index in [0.717, 1.165) is 5.56 Å². The molecule has 1 aromatic rings. The zero-order valence-corrected chi connectivity index (χ0v) is 13.5. The molecule has 2 unspecified atom stereocenters. The molecule has 6 nitrogen and oxygen atoms in total. The second-order valence-corrected chi connectivity index (χ2v) is 5.49. The van der Waals surface area contributed by atoms with E-state index in [-0.39, 0.29) is 18.4 Å². The number of methoxy groups -OCH3 is 1. The Bertz CT molecular complexity index is 560. The molecule has 0 saturated carbocycles. The fraction of sp³-hybridized carbons (Fsp3) is 0.471. The van der Waals surface area contributed by atoms with E-state index >= 15 is 0 Å². The summed E-state index contributed by atoms with van der Waals surface area (Å²) in [6, 6.07) is 5.54. The maximum atomic E-state index is 11.9. The third kappa shape index (κ3) is 4.97. The van der Waals surface area contributed by atoms with E-state index in [4.69, 9.17) is 9.47 Å². The molecule has 1 aliphatic heterocycles. The molecule has 0 radical (unpaired) electrons. The standard InChI is InChI=1S/C17H24N2O4/c1-3-4-12-5-6-15(16(7-12)22-2)23-11-17(21)19-9-13-8-18-10-14(13)20/h3-7,13-14,18,20H,8-11H2,1-2H3,(H,19,21)/b4-3+. The molecule has 3 N–H and O–H groups in total. The zero-order chi connectivity index (χ0) is 16.7. The monoisotopic (exact) mass is 320 g/mol. The Morgan fingerprint density at radius 1 is 1.43 bits per heavy atom. The number of amides is 1. The molecule has 1 amide bonds. The molecule has 2 atom stereocenters. The zero-order valence-electron chi connectivity index (χ0n) is 13.5. The SMILES string of the molecule is C/C=C/c1ccc(OCC(=O)NCC2CNCC2O)c(OC)c1. The smallest absolute Gasteiger partial charge is 0.257 e. The van der Waals surface area contributed by atoms with Crippen molar-refractivity contribution >= 4 is 12.0 Å². The van der Waals surface area contributed by atoms with Crippen LogP contribution in [0.4, 0.5) is 0 Å². The van der Waals surface area contributed by atoms with Gasteiger partial charge in [0.1, 0.15) is 0 Å². The first-order valence-corrected chi connectivity index (χ1v) is 7.73. The van der Waals surface area contributed by atoms with Gasteiger partial charge in [0.2, 0.25) is 0 Å². The molecule has 1 heterocycles. The highest BCUT2D eigenvalue weighted by molar-refractivity contribution is 5.77. The van der Waals surface area contributed by atoms with Crippen molar-refractivity contribution in [3.05, 3.63) is 29.8 Å². The number of allylic oxidation sites excluding steroid dienone is 1. The Hall–Kier alpha value is -2.05. The maximum Gasteiger partial charge on any atom is 0.257 e. The summed E-state index contributed by atoms with van der Waals surface area (Å²) in [5, 5.41) is 15.5. The number of hydrogen-bond acceptors (Lipinski definition) is 5. The quantitative estimate of drug-likeness (QED) is 0.693. The number of hydrogen-bond donors (Lipinski definition) is 3. The second kappa shape index (κ2) is 8.55. The number of aliphatic hydroxyl groups excluding tert-OH is 1. The average molecular weight is 320 g/mol. The van der Waals surface area contributed by atoms with Crippen molar-refractivity contribution in [3.63, 3.8) is 0 Å². The molecule has 6 heteroatoms. The van der Waals surface area contributed by atoms with Gasteiger partial charge in [0.05, 0.1) is 13.2 Å². The lowest BCUT2D eigenvalue weighted by Crippen LogP contribution is -2.36. The van der Waals surface area contributed by atoms with Crippen LogP contribution in [-0.2, 0) is 4.79 Å². The molecule has 0 aromatic heterocycles. The largest absolute Gasteiger partial charge is 0.493 e. The molecule has 1 aliphatic rings. The minimum Gasteiger partial charge on any atom is -0.493 e. The Morgan fingerprint density at radius 2 is 2.26 bits per heavy atom. The highest BCUT2D eigenvalue weighted by Gasteiger charge is 2.25. The van der Waals surface area contributed by atoms with Crippen LogP contribution >= 0.6 is 0 Å². The molecule has 2 rings (SSSR count). The number of nitrogens with one attached hydrogen (secondary N) is 2. The number of ether oxygens (including phenoxy) is 2. The van der Waals surface area contributed by atoms with Gasteiger partial charge in [-0.1, -0.05) is 18.2 Å². The first-order valence-electron chi connectivity index (χ1n) is 7.73. The second-order valence-electron chi connectivity index (χ2n) is 5.49. The van der Waals surface area contributed by atoms with E-state index in [1.54, 1.807) is 13.2 Å². The molecule has 0 aliphatic carbocycles. The lowest BCUT2D eigenvalue weighted by Gasteiger charge is -2.15. The summed E-state index contributed by atoms with van der Waals surface area (Å²) in [5.74, 6) is 0.944. The summed E-state index contributed by atoms with van der Waals surface area (Å²) in [7, 11) is 1.57. The van der Waals surface area contributed by atoms with Crippen LogP contribution in [0.5, 0.6) is 11.5 Å². The third-order valence-electron chi connectivity index (χ3n) is 3.77. The topological polar surface area (TPSA) is 79.8 Å². The predicted octanol–water partition coefficient (Wildman–Crippen LogP) is 0.804. The number of rotatable bonds is 7. The molecule has 1 fully saturated rings. The Morgan fingerprint density at radius 3 is 2.91 bits per heavy atom. The molecule has 126 valence electrons. The summed E-state index contributed by atoms with van der Waals surface area (Å²) >= 11 is 0. The van der Waals surface area contributed by atoms with Crippen LogP contribution in [0.3, 0.4) is 0 Å². The number of β-amino-alcohol motifs (C(OH)–C–C–N with tert-alkyl or cyclic N) is 1. The van der Waals surface area contributed by atoms with E-state index in [1.165, 1.54) is 0 Å². The Kier molecular flexibility index (Phi) is 6.43. The molecule has 1 saturated heterocycles. The first kappa shape index (κ1) is 17.3. The van der Waals surface area contributed by atoms with Crippen molar-refractivity contribution in [3.8, 4) is 11.5 Å². The molecular formula is C17H24N2O4. The number of carbonyl (C=O) groups excluding carboxylic acids is 1.